The van der Waals surface area contributed by atoms with Crippen LogP contribution in [0.4, 0.5) is 0 Å². The van der Waals surface area contributed by atoms with E-state index in [0.717, 1.165) is 0 Å². The number of hydrogen-bond donors (Lipinski definition) is 0. The molecular weight excluding hydrogens is 299 g/mol. The van der Waals surface area contributed by atoms with Gasteiger partial charge in [-0.25, -0.2) is 0 Å². The van der Waals surface area contributed by atoms with E-state index in [1.807, 2.05) is 0 Å². The van der Waals surface area contributed by atoms with Crippen molar-refractivity contribution in [3.8, 4) is 0 Å². The van der Waals surface area contributed by atoms with Crippen molar-refractivity contribution in [2.24, 2.45) is 0 Å². The molecule has 0 spiro atoms. The van der Waals surface area contributed by atoms with Gasteiger partial charge in [0, 0.05) is 0 Å². The first-order chi connectivity index (χ1) is 11.8. The van der Waals surface area contributed by atoms with Gasteiger partial charge in [0.1, 0.15) is 0 Å². The van der Waals surface area contributed by atoms with E-state index in [1.54, 1.807) is 0 Å². The standard InChI is InChI=1S/C24H29B/c1-17-15-18(2)23(19(3)16-17)25(21-9-7-8-10-21)22-13-11-20(12-14-22)24(4,5)6/h7-16,21H,1-6H3. The van der Waals surface area contributed by atoms with Crippen molar-refractivity contribution in [1.29, 1.82) is 0 Å². The van der Waals surface area contributed by atoms with Crippen LogP contribution in [0.1, 0.15) is 43.0 Å². The Bertz CT molecular complexity index is 781. The average molecular weight is 328 g/mol. The van der Waals surface area contributed by atoms with Crippen LogP contribution in [0, 0.1) is 20.8 Å². The molecule has 0 N–H and O–H groups in total. The van der Waals surface area contributed by atoms with Gasteiger partial charge in [0.25, 0.3) is 0 Å². The van der Waals surface area contributed by atoms with Crippen molar-refractivity contribution in [3.63, 3.8) is 0 Å². The second-order valence-corrected chi connectivity index (χ2v) is 8.51. The van der Waals surface area contributed by atoms with Gasteiger partial charge in [-0.3, -0.25) is 0 Å². The van der Waals surface area contributed by atoms with Gasteiger partial charge in [-0.2, -0.15) is 0 Å². The Labute approximate surface area is 153 Å². The molecule has 0 aromatic heterocycles. The fourth-order valence-electron chi connectivity index (χ4n) is 4.12. The Morgan fingerprint density at radius 1 is 0.800 bits per heavy atom. The monoisotopic (exact) mass is 328 g/mol. The van der Waals surface area contributed by atoms with Crippen LogP contribution in [-0.2, 0) is 5.41 Å². The molecular formula is C24H29B. The number of aryl methyl sites for hydroxylation is 3. The predicted octanol–water partition coefficient (Wildman–Crippen LogP) is 5.01. The zero-order chi connectivity index (χ0) is 18.2. The lowest BCUT2D eigenvalue weighted by molar-refractivity contribution is 0.590. The Morgan fingerprint density at radius 3 is 1.80 bits per heavy atom. The van der Waals surface area contributed by atoms with E-state index in [2.05, 4.69) is 102 Å². The molecule has 1 heteroatoms. The third-order valence-electron chi connectivity index (χ3n) is 5.35. The van der Waals surface area contributed by atoms with Gasteiger partial charge in [0.05, 0.1) is 0 Å². The summed E-state index contributed by atoms with van der Waals surface area (Å²) in [6.07, 6.45) is 9.03. The van der Waals surface area contributed by atoms with E-state index >= 15 is 0 Å². The summed E-state index contributed by atoms with van der Waals surface area (Å²) in [5, 5.41) is 0. The number of benzene rings is 2. The van der Waals surface area contributed by atoms with Gasteiger partial charge in [-0.05, 0) is 37.6 Å². The van der Waals surface area contributed by atoms with Gasteiger partial charge in [0.2, 0.25) is 6.71 Å². The summed E-state index contributed by atoms with van der Waals surface area (Å²) in [5.74, 6) is 0.431. The first-order valence-electron chi connectivity index (χ1n) is 9.30. The van der Waals surface area contributed by atoms with Crippen LogP contribution in [0.15, 0.2) is 60.7 Å². The Kier molecular flexibility index (Phi) is 4.78. The molecule has 2 aromatic carbocycles. The van der Waals surface area contributed by atoms with Crippen LogP contribution in [0.2, 0.25) is 5.82 Å². The van der Waals surface area contributed by atoms with Crippen LogP contribution in [0.3, 0.4) is 0 Å². The molecule has 0 saturated heterocycles. The topological polar surface area (TPSA) is 0 Å². The largest absolute Gasteiger partial charge is 0.220 e. The van der Waals surface area contributed by atoms with Crippen LogP contribution in [0.25, 0.3) is 0 Å². The summed E-state index contributed by atoms with van der Waals surface area (Å²) in [4.78, 5) is 0. The van der Waals surface area contributed by atoms with E-state index in [9.17, 15) is 0 Å². The van der Waals surface area contributed by atoms with E-state index in [0.29, 0.717) is 12.5 Å². The molecule has 0 saturated carbocycles. The first-order valence-corrected chi connectivity index (χ1v) is 9.30. The second-order valence-electron chi connectivity index (χ2n) is 8.51. The molecule has 0 unspecified atom stereocenters. The Balaban J connectivity index is 2.11. The number of rotatable bonds is 3. The highest BCUT2D eigenvalue weighted by Gasteiger charge is 2.30. The fourth-order valence-corrected chi connectivity index (χ4v) is 4.12. The Hall–Kier alpha value is -2.02. The predicted molar refractivity (Wildman–Crippen MR) is 113 cm³/mol. The maximum Gasteiger partial charge on any atom is 0.220 e. The summed E-state index contributed by atoms with van der Waals surface area (Å²) in [6.45, 7) is 13.9. The van der Waals surface area contributed by atoms with Gasteiger partial charge in [-0.1, -0.05) is 109 Å². The molecule has 3 rings (SSSR count). The van der Waals surface area contributed by atoms with Gasteiger partial charge >= 0.3 is 0 Å². The third kappa shape index (κ3) is 3.66. The third-order valence-corrected chi connectivity index (χ3v) is 5.35. The first kappa shape index (κ1) is 17.8. The summed E-state index contributed by atoms with van der Waals surface area (Å²) in [6, 6.07) is 13.9. The quantitative estimate of drug-likeness (QED) is 0.695. The SMILES string of the molecule is Cc1cc(C)c(B(c2ccc(C(C)(C)C)cc2)C2C=CC=C2)c(C)c1. The molecule has 0 atom stereocenters. The van der Waals surface area contributed by atoms with Crippen molar-refractivity contribution in [3.05, 3.63) is 83.0 Å². The van der Waals surface area contributed by atoms with Crippen molar-refractivity contribution < 1.29 is 0 Å². The molecule has 0 radical (unpaired) electrons. The maximum absolute atomic E-state index is 2.34. The zero-order valence-electron chi connectivity index (χ0n) is 16.4. The van der Waals surface area contributed by atoms with Crippen molar-refractivity contribution in [2.75, 3.05) is 0 Å². The molecule has 0 heterocycles. The van der Waals surface area contributed by atoms with Crippen LogP contribution in [0.5, 0.6) is 0 Å². The zero-order valence-corrected chi connectivity index (χ0v) is 16.4. The number of hydrogen-bond acceptors (Lipinski definition) is 0. The van der Waals surface area contributed by atoms with Crippen molar-refractivity contribution in [2.45, 2.75) is 52.8 Å². The minimum atomic E-state index is 0.191. The molecule has 1 aliphatic carbocycles. The minimum absolute atomic E-state index is 0.191. The number of allylic oxidation sites excluding steroid dienone is 4. The van der Waals surface area contributed by atoms with Gasteiger partial charge in [0.15, 0.2) is 0 Å². The molecule has 0 amide bonds. The van der Waals surface area contributed by atoms with Gasteiger partial charge in [-0.15, -0.1) is 0 Å². The maximum atomic E-state index is 2.34. The molecule has 0 aliphatic heterocycles. The van der Waals surface area contributed by atoms with Crippen LogP contribution < -0.4 is 10.9 Å². The van der Waals surface area contributed by atoms with E-state index in [-0.39, 0.29) is 5.41 Å². The fraction of sp³-hybridized carbons (Fsp3) is 0.333. The lowest BCUT2D eigenvalue weighted by atomic mass is 9.32. The van der Waals surface area contributed by atoms with Gasteiger partial charge < -0.3 is 0 Å². The summed E-state index contributed by atoms with van der Waals surface area (Å²) in [7, 11) is 0. The molecule has 0 bridgehead atoms. The smallest absolute Gasteiger partial charge is 0.0842 e. The van der Waals surface area contributed by atoms with Crippen molar-refractivity contribution >= 4 is 17.6 Å². The Morgan fingerprint density at radius 2 is 1.32 bits per heavy atom. The van der Waals surface area contributed by atoms with E-state index < -0.39 is 0 Å². The lowest BCUT2D eigenvalue weighted by Gasteiger charge is -2.25. The normalized spacial score (nSPS) is 14.3. The highest BCUT2D eigenvalue weighted by Crippen LogP contribution is 2.24. The average Bonchev–Trinajstić information content (AvgIpc) is 3.04. The van der Waals surface area contributed by atoms with E-state index in [1.165, 1.54) is 33.2 Å². The molecule has 1 aliphatic rings. The van der Waals surface area contributed by atoms with E-state index in [4.69, 9.17) is 0 Å². The van der Waals surface area contributed by atoms with Crippen LogP contribution >= 0.6 is 0 Å². The second kappa shape index (κ2) is 6.71. The molecule has 2 aromatic rings. The molecule has 25 heavy (non-hydrogen) atoms. The highest BCUT2D eigenvalue weighted by molar-refractivity contribution is 6.87. The minimum Gasteiger partial charge on any atom is -0.0842 e. The summed E-state index contributed by atoms with van der Waals surface area (Å²) >= 11 is 0. The molecule has 128 valence electrons. The van der Waals surface area contributed by atoms with Crippen molar-refractivity contribution in [1.82, 2.24) is 0 Å². The highest BCUT2D eigenvalue weighted by atomic mass is 14.2. The molecule has 0 nitrogen and oxygen atoms in total. The summed E-state index contributed by atoms with van der Waals surface area (Å²) < 4.78 is 0. The summed E-state index contributed by atoms with van der Waals surface area (Å²) in [5.41, 5.74) is 8.62. The lowest BCUT2D eigenvalue weighted by Crippen LogP contribution is -2.47. The molecule has 0 fully saturated rings. The van der Waals surface area contributed by atoms with Crippen LogP contribution in [-0.4, -0.2) is 6.71 Å².